The first kappa shape index (κ1) is 29.2. The molecule has 7 nitrogen and oxygen atoms in total. The Bertz CT molecular complexity index is 2340. The molecule has 6 aromatic rings. The van der Waals surface area contributed by atoms with Gasteiger partial charge in [0.25, 0.3) is 11.5 Å². The van der Waals surface area contributed by atoms with Crippen molar-refractivity contribution in [3.8, 4) is 5.75 Å². The summed E-state index contributed by atoms with van der Waals surface area (Å²) in [6.45, 7) is 2.14. The van der Waals surface area contributed by atoms with E-state index in [9.17, 15) is 14.0 Å². The number of aromatic nitrogens is 2. The normalized spacial score (nSPS) is 14.7. The number of carbonyl (C=O) groups excluding carboxylic acids is 1. The molecule has 4 aromatic carbocycles. The lowest BCUT2D eigenvalue weighted by atomic mass is 9.95. The lowest BCUT2D eigenvalue weighted by Gasteiger charge is -2.25. The van der Waals surface area contributed by atoms with Crippen molar-refractivity contribution in [2.45, 2.75) is 19.5 Å². The van der Waals surface area contributed by atoms with Gasteiger partial charge in [0.2, 0.25) is 0 Å². The SMILES string of the molecule is COc1cccc([C@@H]2C(C(=O)Nc3ccccc3)=C(C)N=c3s/c(=C\c4cn(Cc5ccccc5F)c5ccccc45)c(=O)n32)c1. The van der Waals surface area contributed by atoms with Crippen LogP contribution in [0.1, 0.15) is 29.7 Å². The summed E-state index contributed by atoms with van der Waals surface area (Å²) in [6, 6.07) is 30.4. The van der Waals surface area contributed by atoms with Crippen LogP contribution < -0.4 is 24.9 Å². The second kappa shape index (κ2) is 12.1. The molecule has 0 radical (unpaired) electrons. The highest BCUT2D eigenvalue weighted by Gasteiger charge is 2.33. The van der Waals surface area contributed by atoms with E-state index in [1.54, 1.807) is 30.7 Å². The fourth-order valence-electron chi connectivity index (χ4n) is 5.93. The minimum atomic E-state index is -0.736. The minimum absolute atomic E-state index is 0.264. The Morgan fingerprint density at radius 1 is 1.00 bits per heavy atom. The van der Waals surface area contributed by atoms with Gasteiger partial charge >= 0.3 is 0 Å². The number of nitrogens with zero attached hydrogens (tertiary/aromatic N) is 3. The quantitative estimate of drug-likeness (QED) is 0.235. The van der Waals surface area contributed by atoms with Gasteiger partial charge in [-0.3, -0.25) is 14.2 Å². The molecule has 0 saturated heterocycles. The van der Waals surface area contributed by atoms with Gasteiger partial charge in [-0.25, -0.2) is 9.38 Å². The van der Waals surface area contributed by atoms with Crippen molar-refractivity contribution >= 4 is 39.9 Å². The highest BCUT2D eigenvalue weighted by molar-refractivity contribution is 7.07. The summed E-state index contributed by atoms with van der Waals surface area (Å²) in [5, 5.41) is 3.91. The number of methoxy groups -OCH3 is 1. The summed E-state index contributed by atoms with van der Waals surface area (Å²) >= 11 is 1.27. The molecule has 2 aromatic heterocycles. The monoisotopic (exact) mass is 628 g/mol. The number of fused-ring (bicyclic) bond motifs is 2. The molecule has 0 unspecified atom stereocenters. The number of thiazole rings is 1. The van der Waals surface area contributed by atoms with E-state index in [0.29, 0.717) is 44.1 Å². The number of hydrogen-bond acceptors (Lipinski definition) is 5. The van der Waals surface area contributed by atoms with Crippen LogP contribution in [-0.2, 0) is 11.3 Å². The molecule has 46 heavy (non-hydrogen) atoms. The standard InChI is InChI=1S/C37H29FN4O3S/c1-23-33(35(43)40-27-13-4-3-5-14-27)34(24-12-10-15-28(19-24)45-2)42-36(44)32(46-37(42)39-23)20-26-22-41(31-18-9-7-16-29(26)31)21-25-11-6-8-17-30(25)38/h3-20,22,34H,21H2,1-2H3,(H,40,43)/b32-20-/t34-/m1/s1. The smallest absolute Gasteiger partial charge is 0.271 e. The van der Waals surface area contributed by atoms with E-state index in [-0.39, 0.29) is 17.3 Å². The van der Waals surface area contributed by atoms with Crippen LogP contribution in [0, 0.1) is 5.82 Å². The van der Waals surface area contributed by atoms with E-state index in [1.807, 2.05) is 102 Å². The van der Waals surface area contributed by atoms with Gasteiger partial charge in [0.15, 0.2) is 4.80 Å². The van der Waals surface area contributed by atoms with E-state index in [0.717, 1.165) is 22.0 Å². The molecule has 3 heterocycles. The first-order valence-corrected chi connectivity index (χ1v) is 15.6. The summed E-state index contributed by atoms with van der Waals surface area (Å²) in [5.74, 6) is 0.000632. The highest BCUT2D eigenvalue weighted by atomic mass is 32.1. The highest BCUT2D eigenvalue weighted by Crippen LogP contribution is 2.32. The largest absolute Gasteiger partial charge is 0.497 e. The number of para-hydroxylation sites is 2. The van der Waals surface area contributed by atoms with Crippen molar-refractivity contribution in [1.29, 1.82) is 0 Å². The Morgan fingerprint density at radius 3 is 2.57 bits per heavy atom. The Hall–Kier alpha value is -5.54. The summed E-state index contributed by atoms with van der Waals surface area (Å²) < 4.78 is 24.1. The lowest BCUT2D eigenvalue weighted by molar-refractivity contribution is -0.113. The van der Waals surface area contributed by atoms with E-state index in [1.165, 1.54) is 17.4 Å². The van der Waals surface area contributed by atoms with E-state index < -0.39 is 6.04 Å². The zero-order valence-electron chi connectivity index (χ0n) is 25.1. The number of anilines is 1. The third-order valence-electron chi connectivity index (χ3n) is 8.11. The number of ether oxygens (including phenoxy) is 1. The average Bonchev–Trinajstić information content (AvgIpc) is 3.57. The topological polar surface area (TPSA) is 77.6 Å². The number of amides is 1. The van der Waals surface area contributed by atoms with Crippen molar-refractivity contribution in [2.24, 2.45) is 4.99 Å². The number of carbonyl (C=O) groups is 1. The Balaban J connectivity index is 1.37. The maximum atomic E-state index is 14.6. The summed E-state index contributed by atoms with van der Waals surface area (Å²) in [7, 11) is 1.58. The molecule has 1 N–H and O–H groups in total. The number of allylic oxidation sites excluding steroid dienone is 1. The van der Waals surface area contributed by atoms with Crippen molar-refractivity contribution in [3.05, 3.63) is 163 Å². The molecule has 0 fully saturated rings. The van der Waals surface area contributed by atoms with Crippen LogP contribution in [0.5, 0.6) is 5.75 Å². The zero-order valence-corrected chi connectivity index (χ0v) is 25.9. The van der Waals surface area contributed by atoms with Gasteiger partial charge in [0, 0.05) is 33.9 Å². The first-order chi connectivity index (χ1) is 22.4. The number of hydrogen-bond donors (Lipinski definition) is 1. The molecule has 1 amide bonds. The molecule has 228 valence electrons. The van der Waals surface area contributed by atoms with Gasteiger partial charge in [-0.05, 0) is 55.0 Å². The Labute approximate surface area is 267 Å². The lowest BCUT2D eigenvalue weighted by Crippen LogP contribution is -2.40. The molecule has 9 heteroatoms. The molecule has 0 bridgehead atoms. The second-order valence-electron chi connectivity index (χ2n) is 11.0. The number of nitrogens with one attached hydrogen (secondary N) is 1. The van der Waals surface area contributed by atoms with Gasteiger partial charge in [0.05, 0.1) is 35.5 Å². The predicted molar refractivity (Wildman–Crippen MR) is 179 cm³/mol. The fourth-order valence-corrected chi connectivity index (χ4v) is 6.97. The number of halogens is 1. The second-order valence-corrected chi connectivity index (χ2v) is 12.0. The van der Waals surface area contributed by atoms with Crippen molar-refractivity contribution in [3.63, 3.8) is 0 Å². The molecule has 1 aliphatic rings. The van der Waals surface area contributed by atoms with Crippen LogP contribution in [0.2, 0.25) is 0 Å². The van der Waals surface area contributed by atoms with Gasteiger partial charge in [-0.2, -0.15) is 0 Å². The zero-order chi connectivity index (χ0) is 31.8. The molecule has 7 rings (SSSR count). The number of rotatable bonds is 7. The van der Waals surface area contributed by atoms with Crippen LogP contribution in [0.25, 0.3) is 17.0 Å². The fraction of sp³-hybridized carbons (Fsp3) is 0.108. The van der Waals surface area contributed by atoms with Crippen molar-refractivity contribution < 1.29 is 13.9 Å². The average molecular weight is 629 g/mol. The van der Waals surface area contributed by atoms with Crippen molar-refractivity contribution in [1.82, 2.24) is 9.13 Å². The van der Waals surface area contributed by atoms with Gasteiger partial charge in [0.1, 0.15) is 11.6 Å². The summed E-state index contributed by atoms with van der Waals surface area (Å²) in [4.78, 5) is 33.4. The third kappa shape index (κ3) is 5.35. The van der Waals surface area contributed by atoms with Gasteiger partial charge in [-0.1, -0.05) is 78.1 Å². The maximum absolute atomic E-state index is 14.6. The summed E-state index contributed by atoms with van der Waals surface area (Å²) in [5.41, 5.74) is 4.32. The first-order valence-electron chi connectivity index (χ1n) is 14.8. The number of benzene rings is 4. The van der Waals surface area contributed by atoms with Crippen LogP contribution in [0.15, 0.2) is 130 Å². The van der Waals surface area contributed by atoms with E-state index >= 15 is 0 Å². The Morgan fingerprint density at radius 2 is 1.76 bits per heavy atom. The molecular weight excluding hydrogens is 599 g/mol. The van der Waals surface area contributed by atoms with Gasteiger partial charge in [-0.15, -0.1) is 0 Å². The van der Waals surface area contributed by atoms with Crippen molar-refractivity contribution in [2.75, 3.05) is 12.4 Å². The van der Waals surface area contributed by atoms with Crippen LogP contribution >= 0.6 is 11.3 Å². The maximum Gasteiger partial charge on any atom is 0.271 e. The van der Waals surface area contributed by atoms with Crippen LogP contribution in [0.3, 0.4) is 0 Å². The van der Waals surface area contributed by atoms with Gasteiger partial charge < -0.3 is 14.6 Å². The molecule has 1 aliphatic heterocycles. The molecule has 0 saturated carbocycles. The van der Waals surface area contributed by atoms with Crippen LogP contribution in [0.4, 0.5) is 10.1 Å². The molecule has 0 aliphatic carbocycles. The van der Waals surface area contributed by atoms with Crippen LogP contribution in [-0.4, -0.2) is 22.2 Å². The predicted octanol–water partition coefficient (Wildman–Crippen LogP) is 6.02. The minimum Gasteiger partial charge on any atom is -0.497 e. The summed E-state index contributed by atoms with van der Waals surface area (Å²) in [6.07, 6.45) is 3.80. The molecular formula is C37H29FN4O3S. The van der Waals surface area contributed by atoms with E-state index in [4.69, 9.17) is 9.73 Å². The Kier molecular flexibility index (Phi) is 7.68. The van der Waals surface area contributed by atoms with E-state index in [2.05, 4.69) is 5.32 Å². The third-order valence-corrected chi connectivity index (χ3v) is 9.09. The molecule has 0 spiro atoms. The molecule has 1 atom stereocenters.